The lowest BCUT2D eigenvalue weighted by atomic mass is 10.2. The van der Waals surface area contributed by atoms with Gasteiger partial charge >= 0.3 is 0 Å². The van der Waals surface area contributed by atoms with Gasteiger partial charge in [-0.25, -0.2) is 4.98 Å². The van der Waals surface area contributed by atoms with Crippen molar-refractivity contribution in [3.8, 4) is 5.75 Å². The van der Waals surface area contributed by atoms with E-state index in [1.54, 1.807) is 0 Å². The quantitative estimate of drug-likeness (QED) is 0.312. The Balaban J connectivity index is 1.36. The van der Waals surface area contributed by atoms with Crippen molar-refractivity contribution in [2.45, 2.75) is 26.3 Å². The summed E-state index contributed by atoms with van der Waals surface area (Å²) in [6.45, 7) is 3.94. The van der Waals surface area contributed by atoms with E-state index in [-0.39, 0.29) is 5.91 Å². The van der Waals surface area contributed by atoms with Crippen molar-refractivity contribution in [1.82, 2.24) is 14.9 Å². The van der Waals surface area contributed by atoms with Crippen LogP contribution in [0.4, 0.5) is 0 Å². The number of rotatable bonds is 9. The molecule has 0 fully saturated rings. The van der Waals surface area contributed by atoms with Crippen LogP contribution in [-0.4, -0.2) is 28.6 Å². The van der Waals surface area contributed by atoms with Crippen LogP contribution in [-0.2, 0) is 13.0 Å². The molecule has 5 nitrogen and oxygen atoms in total. The van der Waals surface area contributed by atoms with Crippen LogP contribution in [0.25, 0.3) is 11.0 Å². The predicted octanol–water partition coefficient (Wildman–Crippen LogP) is 5.55. The van der Waals surface area contributed by atoms with Crippen LogP contribution in [0.5, 0.6) is 5.75 Å². The van der Waals surface area contributed by atoms with Gasteiger partial charge in [-0.2, -0.15) is 0 Å². The topological polar surface area (TPSA) is 56.1 Å². The number of carbonyl (C=O) groups is 1. The first-order valence-corrected chi connectivity index (χ1v) is 11.6. The summed E-state index contributed by atoms with van der Waals surface area (Å²) in [5, 5.41) is 3.00. The Bertz CT molecular complexity index is 1200. The van der Waals surface area contributed by atoms with E-state index in [9.17, 15) is 4.79 Å². The third-order valence-electron chi connectivity index (χ3n) is 5.28. The van der Waals surface area contributed by atoms with Gasteiger partial charge in [-0.3, -0.25) is 4.79 Å². The van der Waals surface area contributed by atoms with Gasteiger partial charge in [0.25, 0.3) is 5.91 Å². The molecule has 1 N–H and O–H groups in total. The molecular weight excluding hydrogens is 466 g/mol. The maximum atomic E-state index is 12.3. The van der Waals surface area contributed by atoms with Crippen molar-refractivity contribution >= 4 is 32.9 Å². The highest BCUT2D eigenvalue weighted by molar-refractivity contribution is 9.10. The van der Waals surface area contributed by atoms with Gasteiger partial charge in [0, 0.05) is 23.0 Å². The molecule has 0 aliphatic carbocycles. The predicted molar refractivity (Wildman–Crippen MR) is 131 cm³/mol. The van der Waals surface area contributed by atoms with E-state index in [4.69, 9.17) is 9.72 Å². The molecule has 1 heterocycles. The number of nitrogens with zero attached hydrogens (tertiary/aromatic N) is 2. The Kier molecular flexibility index (Phi) is 7.22. The number of halogens is 1. The summed E-state index contributed by atoms with van der Waals surface area (Å²) in [6, 6.07) is 23.6. The maximum Gasteiger partial charge on any atom is 0.251 e. The Morgan fingerprint density at radius 3 is 2.69 bits per heavy atom. The van der Waals surface area contributed by atoms with Crippen LogP contribution in [0.2, 0.25) is 0 Å². The highest BCUT2D eigenvalue weighted by Gasteiger charge is 2.11. The van der Waals surface area contributed by atoms with Gasteiger partial charge in [0.2, 0.25) is 0 Å². The molecule has 0 saturated carbocycles. The van der Waals surface area contributed by atoms with E-state index < -0.39 is 0 Å². The molecule has 6 heteroatoms. The van der Waals surface area contributed by atoms with Gasteiger partial charge in [-0.15, -0.1) is 0 Å². The number of para-hydroxylation sites is 2. The number of carbonyl (C=O) groups excluding carboxylic acids is 1. The molecule has 4 aromatic rings. The van der Waals surface area contributed by atoms with Gasteiger partial charge < -0.3 is 14.6 Å². The molecule has 1 amide bonds. The van der Waals surface area contributed by atoms with Gasteiger partial charge in [0.05, 0.1) is 17.6 Å². The minimum absolute atomic E-state index is 0.0578. The zero-order valence-corrected chi connectivity index (χ0v) is 19.6. The molecule has 0 atom stereocenters. The van der Waals surface area contributed by atoms with Gasteiger partial charge in [-0.1, -0.05) is 40.2 Å². The normalized spacial score (nSPS) is 10.9. The fourth-order valence-electron chi connectivity index (χ4n) is 3.68. The van der Waals surface area contributed by atoms with Crippen LogP contribution in [0.1, 0.15) is 28.2 Å². The fraction of sp³-hybridized carbons (Fsp3) is 0.231. The van der Waals surface area contributed by atoms with E-state index in [2.05, 4.69) is 44.9 Å². The Morgan fingerprint density at radius 2 is 1.88 bits per heavy atom. The number of nitrogens with one attached hydrogen (secondary N) is 1. The van der Waals surface area contributed by atoms with E-state index in [0.29, 0.717) is 18.7 Å². The summed E-state index contributed by atoms with van der Waals surface area (Å²) in [4.78, 5) is 17.1. The van der Waals surface area contributed by atoms with Crippen LogP contribution in [0.3, 0.4) is 0 Å². The Morgan fingerprint density at radius 1 is 1.06 bits per heavy atom. The smallest absolute Gasteiger partial charge is 0.251 e. The van der Waals surface area contributed by atoms with Crippen LogP contribution in [0, 0.1) is 6.92 Å². The summed E-state index contributed by atoms with van der Waals surface area (Å²) in [5.41, 5.74) is 3.93. The number of benzene rings is 3. The number of aromatic nitrogens is 2. The number of ether oxygens (including phenoxy) is 1. The molecule has 0 bridgehead atoms. The van der Waals surface area contributed by atoms with Crippen LogP contribution >= 0.6 is 15.9 Å². The molecule has 32 heavy (non-hydrogen) atoms. The van der Waals surface area contributed by atoms with E-state index in [1.165, 1.54) is 5.56 Å². The van der Waals surface area contributed by atoms with Crippen molar-refractivity contribution < 1.29 is 9.53 Å². The number of fused-ring (bicyclic) bond motifs is 1. The number of imidazole rings is 1. The van der Waals surface area contributed by atoms with Crippen molar-refractivity contribution in [2.24, 2.45) is 0 Å². The second-order valence-corrected chi connectivity index (χ2v) is 8.62. The maximum absolute atomic E-state index is 12.3. The zero-order chi connectivity index (χ0) is 22.3. The summed E-state index contributed by atoms with van der Waals surface area (Å²) in [7, 11) is 0. The number of hydrogen-bond acceptors (Lipinski definition) is 3. The summed E-state index contributed by atoms with van der Waals surface area (Å²) < 4.78 is 9.15. The van der Waals surface area contributed by atoms with Crippen LogP contribution < -0.4 is 10.1 Å². The first-order valence-electron chi connectivity index (χ1n) is 10.8. The van der Waals surface area contributed by atoms with Gasteiger partial charge in [-0.05, 0) is 67.4 Å². The third kappa shape index (κ3) is 5.56. The molecule has 0 aliphatic rings. The molecular formula is C26H26BrN3O2. The van der Waals surface area contributed by atoms with E-state index in [0.717, 1.165) is 46.5 Å². The fourth-order valence-corrected chi connectivity index (χ4v) is 3.94. The highest BCUT2D eigenvalue weighted by atomic mass is 79.9. The Labute approximate surface area is 196 Å². The zero-order valence-electron chi connectivity index (χ0n) is 18.1. The minimum Gasteiger partial charge on any atom is -0.492 e. The molecule has 164 valence electrons. The number of aryl methyl sites for hydroxylation is 2. The average Bonchev–Trinajstić information content (AvgIpc) is 3.14. The van der Waals surface area contributed by atoms with Gasteiger partial charge in [0.15, 0.2) is 0 Å². The van der Waals surface area contributed by atoms with E-state index >= 15 is 0 Å². The molecule has 0 aliphatic heterocycles. The second kappa shape index (κ2) is 10.5. The summed E-state index contributed by atoms with van der Waals surface area (Å²) in [5.74, 6) is 1.83. The van der Waals surface area contributed by atoms with Crippen molar-refractivity contribution in [3.63, 3.8) is 0 Å². The minimum atomic E-state index is -0.0578. The van der Waals surface area contributed by atoms with Gasteiger partial charge in [0.1, 0.15) is 18.2 Å². The molecule has 3 aromatic carbocycles. The third-order valence-corrected chi connectivity index (χ3v) is 5.80. The molecule has 0 unspecified atom stereocenters. The van der Waals surface area contributed by atoms with E-state index in [1.807, 2.05) is 60.7 Å². The number of amides is 1. The summed E-state index contributed by atoms with van der Waals surface area (Å²) in [6.07, 6.45) is 1.59. The molecule has 1 aromatic heterocycles. The molecule has 4 rings (SSSR count). The average molecular weight is 492 g/mol. The standard InChI is InChI=1S/C26H26BrN3O2/c1-19-6-4-7-22(18-19)32-17-16-30-24-9-3-2-8-23(24)29-25(30)10-5-15-28-26(31)20-11-13-21(27)14-12-20/h2-4,6-9,11-14,18H,5,10,15-17H2,1H3,(H,28,31). The van der Waals surface area contributed by atoms with Crippen molar-refractivity contribution in [2.75, 3.05) is 13.2 Å². The Hall–Kier alpha value is -3.12. The molecule has 0 radical (unpaired) electrons. The van der Waals surface area contributed by atoms with Crippen LogP contribution in [0.15, 0.2) is 77.3 Å². The van der Waals surface area contributed by atoms with Crippen molar-refractivity contribution in [3.05, 3.63) is 94.2 Å². The van der Waals surface area contributed by atoms with Crippen molar-refractivity contribution in [1.29, 1.82) is 0 Å². The second-order valence-electron chi connectivity index (χ2n) is 7.70. The largest absolute Gasteiger partial charge is 0.492 e. The monoisotopic (exact) mass is 491 g/mol. The number of hydrogen-bond donors (Lipinski definition) is 1. The SMILES string of the molecule is Cc1cccc(OCCn2c(CCCNC(=O)c3ccc(Br)cc3)nc3ccccc32)c1. The first-order chi connectivity index (χ1) is 15.6. The highest BCUT2D eigenvalue weighted by Crippen LogP contribution is 2.18. The lowest BCUT2D eigenvalue weighted by Gasteiger charge is -2.11. The lowest BCUT2D eigenvalue weighted by molar-refractivity contribution is 0.0953. The molecule has 0 saturated heterocycles. The lowest BCUT2D eigenvalue weighted by Crippen LogP contribution is -2.25. The summed E-state index contributed by atoms with van der Waals surface area (Å²) >= 11 is 3.39. The molecule has 0 spiro atoms. The first kappa shape index (κ1) is 22.1.